The van der Waals surface area contributed by atoms with Gasteiger partial charge in [-0.3, -0.25) is 0 Å². The van der Waals surface area contributed by atoms with Gasteiger partial charge in [0.2, 0.25) is 10.0 Å². The molecule has 0 saturated heterocycles. The number of aliphatic hydroxyl groups is 1. The van der Waals surface area contributed by atoms with Crippen molar-refractivity contribution in [2.75, 3.05) is 12.4 Å². The van der Waals surface area contributed by atoms with Crippen LogP contribution in [0.4, 0.5) is 0 Å². The predicted molar refractivity (Wildman–Crippen MR) is 86.6 cm³/mol. The summed E-state index contributed by atoms with van der Waals surface area (Å²) in [5.74, 6) is 0.127. The van der Waals surface area contributed by atoms with Crippen molar-refractivity contribution in [2.45, 2.75) is 51.5 Å². The third kappa shape index (κ3) is 7.60. The molecular formula is C16H27NO3S. The van der Waals surface area contributed by atoms with E-state index in [0.717, 1.165) is 18.4 Å². The Morgan fingerprint density at radius 3 is 2.29 bits per heavy atom. The van der Waals surface area contributed by atoms with Gasteiger partial charge in [-0.1, -0.05) is 69.4 Å². The molecule has 0 radical (unpaired) electrons. The smallest absolute Gasteiger partial charge is 0.212 e. The van der Waals surface area contributed by atoms with Gasteiger partial charge in [-0.25, -0.2) is 13.1 Å². The minimum Gasteiger partial charge on any atom is -0.394 e. The van der Waals surface area contributed by atoms with Gasteiger partial charge in [0.05, 0.1) is 18.4 Å². The van der Waals surface area contributed by atoms with Gasteiger partial charge in [0.15, 0.2) is 0 Å². The van der Waals surface area contributed by atoms with E-state index in [-0.39, 0.29) is 12.4 Å². The first-order valence-corrected chi connectivity index (χ1v) is 9.40. The van der Waals surface area contributed by atoms with E-state index in [2.05, 4.69) is 11.6 Å². The largest absolute Gasteiger partial charge is 0.394 e. The van der Waals surface area contributed by atoms with Crippen molar-refractivity contribution in [3.8, 4) is 0 Å². The number of nitrogens with one attached hydrogen (secondary N) is 1. The maximum atomic E-state index is 12.0. The standard InChI is InChI=1S/C16H27NO3S/c1-2-3-4-5-6-10-13-21(19,20)17-16(14-18)15-11-8-7-9-12-15/h7-9,11-12,16-18H,2-6,10,13-14H2,1H3/t16-/m0/s1. The fourth-order valence-electron chi connectivity index (χ4n) is 2.24. The monoisotopic (exact) mass is 313 g/mol. The summed E-state index contributed by atoms with van der Waals surface area (Å²) in [6, 6.07) is 8.60. The average Bonchev–Trinajstić information content (AvgIpc) is 2.49. The molecule has 21 heavy (non-hydrogen) atoms. The number of hydrogen-bond donors (Lipinski definition) is 2. The fourth-order valence-corrected chi connectivity index (χ4v) is 3.59. The summed E-state index contributed by atoms with van der Waals surface area (Å²) >= 11 is 0. The average molecular weight is 313 g/mol. The van der Waals surface area contributed by atoms with Gasteiger partial charge in [-0.2, -0.15) is 0 Å². The number of rotatable bonds is 11. The second kappa shape index (κ2) is 9.92. The van der Waals surface area contributed by atoms with Crippen molar-refractivity contribution < 1.29 is 13.5 Å². The third-order valence-corrected chi connectivity index (χ3v) is 4.94. The number of sulfonamides is 1. The van der Waals surface area contributed by atoms with Crippen LogP contribution in [-0.2, 0) is 10.0 Å². The molecular weight excluding hydrogens is 286 g/mol. The van der Waals surface area contributed by atoms with Gasteiger partial charge < -0.3 is 5.11 Å². The van der Waals surface area contributed by atoms with Gasteiger partial charge in [0, 0.05) is 0 Å². The van der Waals surface area contributed by atoms with Crippen LogP contribution in [0.2, 0.25) is 0 Å². The maximum Gasteiger partial charge on any atom is 0.212 e. The van der Waals surface area contributed by atoms with Crippen molar-refractivity contribution in [3.63, 3.8) is 0 Å². The zero-order valence-corrected chi connectivity index (χ0v) is 13.6. The summed E-state index contributed by atoms with van der Waals surface area (Å²) in [7, 11) is -3.34. The second-order valence-corrected chi connectivity index (χ2v) is 7.22. The summed E-state index contributed by atoms with van der Waals surface area (Å²) < 4.78 is 26.7. The molecule has 0 aliphatic rings. The Balaban J connectivity index is 2.40. The van der Waals surface area contributed by atoms with E-state index < -0.39 is 16.1 Å². The quantitative estimate of drug-likeness (QED) is 0.617. The number of aliphatic hydroxyl groups excluding tert-OH is 1. The molecule has 1 aromatic carbocycles. The van der Waals surface area contributed by atoms with Crippen LogP contribution in [0.15, 0.2) is 30.3 Å². The lowest BCUT2D eigenvalue weighted by Crippen LogP contribution is -2.32. The van der Waals surface area contributed by atoms with Crippen LogP contribution in [0.25, 0.3) is 0 Å². The van der Waals surface area contributed by atoms with Crippen LogP contribution in [0, 0.1) is 0 Å². The van der Waals surface area contributed by atoms with Crippen molar-refractivity contribution in [2.24, 2.45) is 0 Å². The minimum absolute atomic E-state index is 0.127. The van der Waals surface area contributed by atoms with E-state index in [1.807, 2.05) is 30.3 Å². The lowest BCUT2D eigenvalue weighted by Gasteiger charge is -2.16. The Hall–Kier alpha value is -0.910. The lowest BCUT2D eigenvalue weighted by atomic mass is 10.1. The molecule has 2 N–H and O–H groups in total. The van der Waals surface area contributed by atoms with Gasteiger partial charge >= 0.3 is 0 Å². The molecule has 0 heterocycles. The van der Waals surface area contributed by atoms with Crippen molar-refractivity contribution in [1.82, 2.24) is 4.72 Å². The molecule has 0 unspecified atom stereocenters. The minimum atomic E-state index is -3.34. The van der Waals surface area contributed by atoms with E-state index in [1.54, 1.807) is 0 Å². The Morgan fingerprint density at radius 2 is 1.67 bits per heavy atom. The van der Waals surface area contributed by atoms with Gasteiger partial charge in [-0.05, 0) is 12.0 Å². The highest BCUT2D eigenvalue weighted by Crippen LogP contribution is 2.14. The normalized spacial score (nSPS) is 13.2. The molecule has 1 atom stereocenters. The first-order chi connectivity index (χ1) is 10.1. The highest BCUT2D eigenvalue weighted by atomic mass is 32.2. The molecule has 0 bridgehead atoms. The summed E-state index contributed by atoms with van der Waals surface area (Å²) in [6.45, 7) is 1.92. The molecule has 5 heteroatoms. The Labute approximate surface area is 128 Å². The SMILES string of the molecule is CCCCCCCCS(=O)(=O)N[C@@H](CO)c1ccccc1. The van der Waals surface area contributed by atoms with E-state index in [0.29, 0.717) is 6.42 Å². The third-order valence-electron chi connectivity index (χ3n) is 3.47. The molecule has 0 saturated carbocycles. The van der Waals surface area contributed by atoms with E-state index in [4.69, 9.17) is 0 Å². The first-order valence-electron chi connectivity index (χ1n) is 7.75. The van der Waals surface area contributed by atoms with Crippen molar-refractivity contribution in [3.05, 3.63) is 35.9 Å². The number of benzene rings is 1. The van der Waals surface area contributed by atoms with Crippen LogP contribution < -0.4 is 4.72 Å². The molecule has 0 aliphatic carbocycles. The summed E-state index contributed by atoms with van der Waals surface area (Å²) in [6.07, 6.45) is 6.28. The van der Waals surface area contributed by atoms with Gasteiger partial charge in [-0.15, -0.1) is 0 Å². The highest BCUT2D eigenvalue weighted by molar-refractivity contribution is 7.89. The fraction of sp³-hybridized carbons (Fsp3) is 0.625. The number of unbranched alkanes of at least 4 members (excludes halogenated alkanes) is 5. The molecule has 0 spiro atoms. The molecule has 0 aromatic heterocycles. The molecule has 4 nitrogen and oxygen atoms in total. The van der Waals surface area contributed by atoms with Crippen LogP contribution in [-0.4, -0.2) is 25.9 Å². The predicted octanol–water partition coefficient (Wildman–Crippen LogP) is 3.00. The van der Waals surface area contributed by atoms with Crippen LogP contribution in [0.5, 0.6) is 0 Å². The Bertz CT molecular complexity index is 474. The van der Waals surface area contributed by atoms with Crippen molar-refractivity contribution >= 4 is 10.0 Å². The summed E-state index contributed by atoms with van der Waals surface area (Å²) in [5, 5.41) is 9.38. The van der Waals surface area contributed by atoms with Crippen LogP contribution in [0.3, 0.4) is 0 Å². The van der Waals surface area contributed by atoms with Crippen LogP contribution in [0.1, 0.15) is 57.1 Å². The van der Waals surface area contributed by atoms with Gasteiger partial charge in [0.25, 0.3) is 0 Å². The zero-order chi connectivity index (χ0) is 15.6. The summed E-state index contributed by atoms with van der Waals surface area (Å²) in [5.41, 5.74) is 0.784. The highest BCUT2D eigenvalue weighted by Gasteiger charge is 2.18. The number of hydrogen-bond acceptors (Lipinski definition) is 3. The Morgan fingerprint density at radius 1 is 1.05 bits per heavy atom. The second-order valence-electron chi connectivity index (χ2n) is 5.35. The van der Waals surface area contributed by atoms with Gasteiger partial charge in [0.1, 0.15) is 0 Å². The first kappa shape index (κ1) is 18.1. The van der Waals surface area contributed by atoms with Crippen LogP contribution >= 0.6 is 0 Å². The lowest BCUT2D eigenvalue weighted by molar-refractivity contribution is 0.259. The maximum absolute atomic E-state index is 12.0. The molecule has 0 aliphatic heterocycles. The molecule has 0 amide bonds. The van der Waals surface area contributed by atoms with Crippen molar-refractivity contribution in [1.29, 1.82) is 0 Å². The topological polar surface area (TPSA) is 66.4 Å². The molecule has 1 aromatic rings. The molecule has 0 fully saturated rings. The van der Waals surface area contributed by atoms with E-state index in [9.17, 15) is 13.5 Å². The Kier molecular flexibility index (Phi) is 8.57. The zero-order valence-electron chi connectivity index (χ0n) is 12.8. The molecule has 1 rings (SSSR count). The molecule has 120 valence electrons. The van der Waals surface area contributed by atoms with E-state index >= 15 is 0 Å². The van der Waals surface area contributed by atoms with E-state index in [1.165, 1.54) is 19.3 Å². The summed E-state index contributed by atoms with van der Waals surface area (Å²) in [4.78, 5) is 0.